The molecule has 0 aromatic heterocycles. The van der Waals surface area contributed by atoms with Gasteiger partial charge in [-0.05, 0) is 45.7 Å². The summed E-state index contributed by atoms with van der Waals surface area (Å²) in [6.45, 7) is 10.9. The van der Waals surface area contributed by atoms with Crippen LogP contribution >= 0.6 is 0 Å². The van der Waals surface area contributed by atoms with E-state index in [-0.39, 0.29) is 12.0 Å². The third-order valence-electron chi connectivity index (χ3n) is 3.67. The highest BCUT2D eigenvalue weighted by molar-refractivity contribution is 5.76. The third-order valence-corrected chi connectivity index (χ3v) is 3.67. The topological polar surface area (TPSA) is 50.8 Å². The van der Waals surface area contributed by atoms with Crippen LogP contribution in [0.1, 0.15) is 46.5 Å². The van der Waals surface area contributed by atoms with E-state index in [1.165, 1.54) is 0 Å². The molecule has 0 bridgehead atoms. The van der Waals surface area contributed by atoms with Crippen LogP contribution in [0.5, 0.6) is 0 Å². The molecule has 0 spiro atoms. The largest absolute Gasteiger partial charge is 0.465 e. The molecule has 0 aliphatic carbocycles. The summed E-state index contributed by atoms with van der Waals surface area (Å²) in [5.74, 6) is -0.137. The summed E-state index contributed by atoms with van der Waals surface area (Å²) in [4.78, 5) is 14.4. The molecule has 1 saturated heterocycles. The van der Waals surface area contributed by atoms with Crippen LogP contribution in [-0.2, 0) is 14.3 Å². The van der Waals surface area contributed by atoms with Gasteiger partial charge in [0.2, 0.25) is 0 Å². The lowest BCUT2D eigenvalue weighted by Crippen LogP contribution is -2.50. The van der Waals surface area contributed by atoms with Gasteiger partial charge in [-0.3, -0.25) is 9.69 Å². The number of piperidine rings is 1. The van der Waals surface area contributed by atoms with Gasteiger partial charge in [0.25, 0.3) is 0 Å². The van der Waals surface area contributed by atoms with Gasteiger partial charge >= 0.3 is 5.97 Å². The Bertz CT molecular complexity index is 287. The van der Waals surface area contributed by atoms with Crippen LogP contribution in [-0.4, -0.2) is 62.4 Å². The molecule has 1 heterocycles. The summed E-state index contributed by atoms with van der Waals surface area (Å²) in [6, 6.07) is -0.227. The molecule has 0 aromatic rings. The minimum absolute atomic E-state index is 0.137. The molecule has 0 amide bonds. The monoisotopic (exact) mass is 300 g/mol. The number of carbonyl (C=O) groups excluding carboxylic acids is 1. The third kappa shape index (κ3) is 7.25. The molecule has 5 heteroatoms. The molecule has 1 N–H and O–H groups in total. The molecular weight excluding hydrogens is 268 g/mol. The highest BCUT2D eigenvalue weighted by atomic mass is 16.5. The number of esters is 1. The van der Waals surface area contributed by atoms with E-state index in [2.05, 4.69) is 24.1 Å². The lowest BCUT2D eigenvalue weighted by molar-refractivity contribution is -0.146. The standard InChI is InChI=1S/C16H32N2O3/c1-4-9-17-15(16(19)20-6-3)13-18-10-7-8-14(12-18)21-11-5-2/h14-15,17H,4-13H2,1-3H3. The summed E-state index contributed by atoms with van der Waals surface area (Å²) >= 11 is 0. The zero-order chi connectivity index (χ0) is 15.5. The molecule has 0 aromatic carbocycles. The van der Waals surface area contributed by atoms with Gasteiger partial charge < -0.3 is 14.8 Å². The molecule has 5 nitrogen and oxygen atoms in total. The van der Waals surface area contributed by atoms with Gasteiger partial charge in [0, 0.05) is 19.7 Å². The molecule has 21 heavy (non-hydrogen) atoms. The predicted molar refractivity (Wildman–Crippen MR) is 84.4 cm³/mol. The van der Waals surface area contributed by atoms with Gasteiger partial charge in [-0.25, -0.2) is 0 Å². The average molecular weight is 300 g/mol. The van der Waals surface area contributed by atoms with Crippen molar-refractivity contribution in [2.24, 2.45) is 0 Å². The zero-order valence-corrected chi connectivity index (χ0v) is 13.9. The number of nitrogens with zero attached hydrogens (tertiary/aromatic N) is 1. The fourth-order valence-electron chi connectivity index (χ4n) is 2.64. The molecule has 2 atom stereocenters. The highest BCUT2D eigenvalue weighted by Gasteiger charge is 2.26. The quantitative estimate of drug-likeness (QED) is 0.624. The Kier molecular flexibility index (Phi) is 9.63. The Balaban J connectivity index is 2.46. The second-order valence-electron chi connectivity index (χ2n) is 5.65. The van der Waals surface area contributed by atoms with E-state index in [1.54, 1.807) is 0 Å². The van der Waals surface area contributed by atoms with E-state index in [9.17, 15) is 4.79 Å². The first-order chi connectivity index (χ1) is 10.2. The van der Waals surface area contributed by atoms with Crippen molar-refractivity contribution in [1.82, 2.24) is 10.2 Å². The van der Waals surface area contributed by atoms with Crippen LogP contribution in [0, 0.1) is 0 Å². The smallest absolute Gasteiger partial charge is 0.324 e. The van der Waals surface area contributed by atoms with Crippen LogP contribution in [0.4, 0.5) is 0 Å². The Labute approximate surface area is 129 Å². The van der Waals surface area contributed by atoms with Crippen molar-refractivity contribution in [3.63, 3.8) is 0 Å². The molecule has 0 saturated carbocycles. The van der Waals surface area contributed by atoms with E-state index in [1.807, 2.05) is 6.92 Å². The number of carbonyl (C=O) groups is 1. The first-order valence-corrected chi connectivity index (χ1v) is 8.45. The number of hydrogen-bond donors (Lipinski definition) is 1. The van der Waals surface area contributed by atoms with Gasteiger partial charge in [0.05, 0.1) is 12.7 Å². The average Bonchev–Trinajstić information content (AvgIpc) is 2.50. The van der Waals surface area contributed by atoms with Gasteiger partial charge in [0.15, 0.2) is 0 Å². The fourth-order valence-corrected chi connectivity index (χ4v) is 2.64. The minimum atomic E-state index is -0.227. The van der Waals surface area contributed by atoms with Crippen molar-refractivity contribution in [3.05, 3.63) is 0 Å². The lowest BCUT2D eigenvalue weighted by atomic mass is 10.1. The molecule has 0 radical (unpaired) electrons. The molecule has 124 valence electrons. The minimum Gasteiger partial charge on any atom is -0.465 e. The summed E-state index contributed by atoms with van der Waals surface area (Å²) in [5.41, 5.74) is 0. The Hall–Kier alpha value is -0.650. The number of ether oxygens (including phenoxy) is 2. The van der Waals surface area contributed by atoms with Crippen molar-refractivity contribution in [2.75, 3.05) is 39.4 Å². The molecular formula is C16H32N2O3. The number of nitrogens with one attached hydrogen (secondary N) is 1. The zero-order valence-electron chi connectivity index (χ0n) is 13.9. The molecule has 1 rings (SSSR count). The van der Waals surface area contributed by atoms with Crippen LogP contribution in [0.15, 0.2) is 0 Å². The van der Waals surface area contributed by atoms with E-state index >= 15 is 0 Å². The Morgan fingerprint density at radius 1 is 1.33 bits per heavy atom. The van der Waals surface area contributed by atoms with Crippen LogP contribution in [0.2, 0.25) is 0 Å². The summed E-state index contributed by atoms with van der Waals surface area (Å²) in [6.07, 6.45) is 4.64. The normalized spacial score (nSPS) is 21.2. The SMILES string of the molecule is CCCNC(CN1CCCC(OCCC)C1)C(=O)OCC. The summed E-state index contributed by atoms with van der Waals surface area (Å²) in [7, 11) is 0. The second kappa shape index (κ2) is 11.0. The Morgan fingerprint density at radius 3 is 2.81 bits per heavy atom. The second-order valence-corrected chi connectivity index (χ2v) is 5.65. The van der Waals surface area contributed by atoms with Crippen LogP contribution in [0.25, 0.3) is 0 Å². The van der Waals surface area contributed by atoms with Gasteiger partial charge in [-0.2, -0.15) is 0 Å². The molecule has 2 unspecified atom stereocenters. The first kappa shape index (κ1) is 18.4. The van der Waals surface area contributed by atoms with Gasteiger partial charge in [-0.1, -0.05) is 13.8 Å². The van der Waals surface area contributed by atoms with Crippen LogP contribution < -0.4 is 5.32 Å². The molecule has 1 aliphatic heterocycles. The predicted octanol–water partition coefficient (Wildman–Crippen LogP) is 1.81. The van der Waals surface area contributed by atoms with Crippen molar-refractivity contribution in [2.45, 2.75) is 58.6 Å². The van der Waals surface area contributed by atoms with E-state index in [0.29, 0.717) is 19.3 Å². The molecule has 1 fully saturated rings. The van der Waals surface area contributed by atoms with Gasteiger partial charge in [-0.15, -0.1) is 0 Å². The fraction of sp³-hybridized carbons (Fsp3) is 0.938. The highest BCUT2D eigenvalue weighted by Crippen LogP contribution is 2.14. The van der Waals surface area contributed by atoms with Crippen molar-refractivity contribution in [1.29, 1.82) is 0 Å². The van der Waals surface area contributed by atoms with Gasteiger partial charge in [0.1, 0.15) is 6.04 Å². The lowest BCUT2D eigenvalue weighted by Gasteiger charge is -2.34. The van der Waals surface area contributed by atoms with Crippen molar-refractivity contribution < 1.29 is 14.3 Å². The summed E-state index contributed by atoms with van der Waals surface area (Å²) < 4.78 is 11.0. The first-order valence-electron chi connectivity index (χ1n) is 8.45. The maximum absolute atomic E-state index is 12.0. The van der Waals surface area contributed by atoms with E-state index in [4.69, 9.17) is 9.47 Å². The number of hydrogen-bond acceptors (Lipinski definition) is 5. The van der Waals surface area contributed by atoms with Crippen molar-refractivity contribution >= 4 is 5.97 Å². The summed E-state index contributed by atoms with van der Waals surface area (Å²) in [5, 5.41) is 3.30. The number of rotatable bonds is 10. The van der Waals surface area contributed by atoms with Crippen molar-refractivity contribution in [3.8, 4) is 0 Å². The van der Waals surface area contributed by atoms with E-state index < -0.39 is 0 Å². The number of likely N-dealkylation sites (tertiary alicyclic amines) is 1. The maximum atomic E-state index is 12.0. The van der Waals surface area contributed by atoms with E-state index in [0.717, 1.165) is 51.9 Å². The molecule has 1 aliphatic rings. The van der Waals surface area contributed by atoms with Crippen LogP contribution in [0.3, 0.4) is 0 Å². The maximum Gasteiger partial charge on any atom is 0.324 e. The Morgan fingerprint density at radius 2 is 2.14 bits per heavy atom.